The van der Waals surface area contributed by atoms with Crippen molar-refractivity contribution in [3.63, 3.8) is 0 Å². The van der Waals surface area contributed by atoms with Crippen molar-refractivity contribution in [3.05, 3.63) is 17.7 Å². The molecule has 0 aromatic carbocycles. The lowest BCUT2D eigenvalue weighted by Gasteiger charge is -2.05. The Morgan fingerprint density at radius 3 is 2.71 bits per heavy atom. The van der Waals surface area contributed by atoms with E-state index < -0.39 is 3.79 Å². The van der Waals surface area contributed by atoms with Gasteiger partial charge in [-0.15, -0.1) is 0 Å². The van der Waals surface area contributed by atoms with Crippen LogP contribution in [0.1, 0.15) is 24.9 Å². The Morgan fingerprint density at radius 2 is 2.21 bits per heavy atom. The van der Waals surface area contributed by atoms with Crippen LogP contribution in [0.5, 0.6) is 0 Å². The first-order valence-corrected chi connectivity index (χ1v) is 5.49. The SMILES string of the molecule is CCCNCc1cnc(C(Cl)(Cl)Cl)[nH]1. The minimum atomic E-state index is -1.47. The van der Waals surface area contributed by atoms with Crippen LogP contribution < -0.4 is 5.32 Å². The van der Waals surface area contributed by atoms with Crippen LogP contribution in [0.2, 0.25) is 0 Å². The average Bonchev–Trinajstić information content (AvgIpc) is 2.52. The molecule has 0 saturated heterocycles. The van der Waals surface area contributed by atoms with E-state index in [4.69, 9.17) is 34.8 Å². The number of rotatable bonds is 4. The number of H-pyrrole nitrogens is 1. The van der Waals surface area contributed by atoms with Crippen LogP contribution in [0.3, 0.4) is 0 Å². The second kappa shape index (κ2) is 5.21. The summed E-state index contributed by atoms with van der Waals surface area (Å²) in [5.41, 5.74) is 0.916. The summed E-state index contributed by atoms with van der Waals surface area (Å²) in [6.07, 6.45) is 2.76. The van der Waals surface area contributed by atoms with Gasteiger partial charge in [-0.2, -0.15) is 0 Å². The molecule has 14 heavy (non-hydrogen) atoms. The van der Waals surface area contributed by atoms with Crippen LogP contribution >= 0.6 is 34.8 Å². The van der Waals surface area contributed by atoms with Gasteiger partial charge in [-0.05, 0) is 13.0 Å². The smallest absolute Gasteiger partial charge is 0.248 e. The number of alkyl halides is 3. The molecule has 0 saturated carbocycles. The number of nitrogens with one attached hydrogen (secondary N) is 2. The molecule has 1 aromatic rings. The average molecular weight is 257 g/mol. The molecule has 0 aliphatic rings. The normalized spacial score (nSPS) is 12.0. The van der Waals surface area contributed by atoms with E-state index in [0.717, 1.165) is 18.7 Å². The van der Waals surface area contributed by atoms with Gasteiger partial charge in [0.05, 0.1) is 0 Å². The molecule has 0 aliphatic heterocycles. The maximum Gasteiger partial charge on any atom is 0.248 e. The van der Waals surface area contributed by atoms with E-state index in [1.165, 1.54) is 0 Å². The summed E-state index contributed by atoms with van der Waals surface area (Å²) in [5.74, 6) is 0.357. The lowest BCUT2D eigenvalue weighted by Crippen LogP contribution is -2.14. The fraction of sp³-hybridized carbons (Fsp3) is 0.625. The van der Waals surface area contributed by atoms with Gasteiger partial charge in [0, 0.05) is 18.4 Å². The Morgan fingerprint density at radius 1 is 1.50 bits per heavy atom. The third-order valence-electron chi connectivity index (χ3n) is 1.64. The molecule has 0 fully saturated rings. The zero-order chi connectivity index (χ0) is 10.6. The molecule has 0 unspecified atom stereocenters. The standard InChI is InChI=1S/C8H12Cl3N3/c1-2-3-12-4-6-5-13-7(14-6)8(9,10)11/h5,12H,2-4H2,1H3,(H,13,14). The van der Waals surface area contributed by atoms with Gasteiger partial charge in [0.15, 0.2) is 5.82 Å². The van der Waals surface area contributed by atoms with Crippen LogP contribution in [0, 0.1) is 0 Å². The molecule has 0 amide bonds. The Kier molecular flexibility index (Phi) is 4.51. The van der Waals surface area contributed by atoms with E-state index in [1.54, 1.807) is 6.20 Å². The maximum atomic E-state index is 5.65. The van der Waals surface area contributed by atoms with Gasteiger partial charge in [-0.3, -0.25) is 0 Å². The van der Waals surface area contributed by atoms with Crippen molar-refractivity contribution in [1.29, 1.82) is 0 Å². The number of imidazole rings is 1. The first-order chi connectivity index (χ1) is 6.54. The molecular formula is C8H12Cl3N3. The highest BCUT2D eigenvalue weighted by molar-refractivity contribution is 6.66. The van der Waals surface area contributed by atoms with Gasteiger partial charge in [0.1, 0.15) is 0 Å². The summed E-state index contributed by atoms with van der Waals surface area (Å²) in [6.45, 7) is 3.77. The van der Waals surface area contributed by atoms with Crippen molar-refractivity contribution in [2.75, 3.05) is 6.54 Å². The molecule has 0 spiro atoms. The third kappa shape index (κ3) is 3.65. The highest BCUT2D eigenvalue weighted by Crippen LogP contribution is 2.35. The first-order valence-electron chi connectivity index (χ1n) is 4.36. The number of hydrogen-bond acceptors (Lipinski definition) is 2. The Hall–Kier alpha value is 0.0400. The molecule has 1 rings (SSSR count). The van der Waals surface area contributed by atoms with Gasteiger partial charge in [0.25, 0.3) is 0 Å². The molecule has 0 bridgehead atoms. The van der Waals surface area contributed by atoms with Gasteiger partial charge in [0.2, 0.25) is 3.79 Å². The molecule has 1 heterocycles. The lowest BCUT2D eigenvalue weighted by molar-refractivity contribution is 0.665. The predicted molar refractivity (Wildman–Crippen MR) is 59.8 cm³/mol. The minimum absolute atomic E-state index is 0.357. The quantitative estimate of drug-likeness (QED) is 0.642. The van der Waals surface area contributed by atoms with Crippen LogP contribution in [-0.2, 0) is 10.3 Å². The van der Waals surface area contributed by atoms with Crippen LogP contribution in [0.25, 0.3) is 0 Å². The summed E-state index contributed by atoms with van der Waals surface area (Å²) < 4.78 is -1.47. The molecule has 80 valence electrons. The molecule has 0 radical (unpaired) electrons. The van der Waals surface area contributed by atoms with Crippen molar-refractivity contribution in [3.8, 4) is 0 Å². The highest BCUT2D eigenvalue weighted by atomic mass is 35.6. The summed E-state index contributed by atoms with van der Waals surface area (Å²) in [5, 5.41) is 3.22. The van der Waals surface area contributed by atoms with E-state index in [9.17, 15) is 0 Å². The van der Waals surface area contributed by atoms with Gasteiger partial charge < -0.3 is 10.3 Å². The molecular weight excluding hydrogens is 244 g/mol. The largest absolute Gasteiger partial charge is 0.341 e. The summed E-state index contributed by atoms with van der Waals surface area (Å²) >= 11 is 16.9. The summed E-state index contributed by atoms with van der Waals surface area (Å²) in [6, 6.07) is 0. The van der Waals surface area contributed by atoms with Crippen LogP contribution in [0.4, 0.5) is 0 Å². The van der Waals surface area contributed by atoms with E-state index in [1.807, 2.05) is 0 Å². The topological polar surface area (TPSA) is 40.7 Å². The highest BCUT2D eigenvalue weighted by Gasteiger charge is 2.26. The zero-order valence-electron chi connectivity index (χ0n) is 7.78. The van der Waals surface area contributed by atoms with Crippen molar-refractivity contribution < 1.29 is 0 Å². The van der Waals surface area contributed by atoms with E-state index >= 15 is 0 Å². The fourth-order valence-corrected chi connectivity index (χ4v) is 1.28. The maximum absolute atomic E-state index is 5.65. The van der Waals surface area contributed by atoms with Gasteiger partial charge in [-0.1, -0.05) is 41.7 Å². The van der Waals surface area contributed by atoms with Crippen molar-refractivity contribution in [1.82, 2.24) is 15.3 Å². The Balaban J connectivity index is 2.51. The second-order valence-corrected chi connectivity index (χ2v) is 5.21. The number of aromatic nitrogens is 2. The molecule has 0 atom stereocenters. The molecule has 6 heteroatoms. The van der Waals surface area contributed by atoms with E-state index in [0.29, 0.717) is 12.4 Å². The second-order valence-electron chi connectivity index (χ2n) is 2.93. The monoisotopic (exact) mass is 255 g/mol. The van der Waals surface area contributed by atoms with Crippen molar-refractivity contribution >= 4 is 34.8 Å². The third-order valence-corrected chi connectivity index (χ3v) is 2.18. The van der Waals surface area contributed by atoms with Gasteiger partial charge >= 0.3 is 0 Å². The molecule has 0 aliphatic carbocycles. The lowest BCUT2D eigenvalue weighted by atomic mass is 10.4. The summed E-state index contributed by atoms with van der Waals surface area (Å²) in [4.78, 5) is 6.92. The van der Waals surface area contributed by atoms with E-state index in [2.05, 4.69) is 22.2 Å². The number of nitrogens with zero attached hydrogens (tertiary/aromatic N) is 1. The molecule has 3 nitrogen and oxygen atoms in total. The van der Waals surface area contributed by atoms with Crippen molar-refractivity contribution in [2.24, 2.45) is 0 Å². The first kappa shape index (κ1) is 12.1. The Labute approximate surface area is 98.1 Å². The molecule has 2 N–H and O–H groups in total. The Bertz CT molecular complexity index is 280. The van der Waals surface area contributed by atoms with Crippen molar-refractivity contribution in [2.45, 2.75) is 23.7 Å². The zero-order valence-corrected chi connectivity index (χ0v) is 10.0. The number of aromatic amines is 1. The van der Waals surface area contributed by atoms with Crippen LogP contribution in [-0.4, -0.2) is 16.5 Å². The van der Waals surface area contributed by atoms with Crippen LogP contribution in [0.15, 0.2) is 6.20 Å². The fourth-order valence-electron chi connectivity index (χ4n) is 0.993. The predicted octanol–water partition coefficient (Wildman–Crippen LogP) is 2.74. The minimum Gasteiger partial charge on any atom is -0.341 e. The number of hydrogen-bond donors (Lipinski definition) is 2. The molecule has 1 aromatic heterocycles. The summed E-state index contributed by atoms with van der Waals surface area (Å²) in [7, 11) is 0. The van der Waals surface area contributed by atoms with Gasteiger partial charge in [-0.25, -0.2) is 4.98 Å². The van der Waals surface area contributed by atoms with E-state index in [-0.39, 0.29) is 0 Å². The number of halogens is 3.